The molecule has 16 heavy (non-hydrogen) atoms. The lowest BCUT2D eigenvalue weighted by atomic mass is 10.1. The molecule has 1 aliphatic heterocycles. The number of anilines is 1. The van der Waals surface area contributed by atoms with E-state index in [-0.39, 0.29) is 0 Å². The quantitative estimate of drug-likeness (QED) is 0.926. The van der Waals surface area contributed by atoms with Crippen molar-refractivity contribution in [1.29, 1.82) is 5.26 Å². The predicted octanol–water partition coefficient (Wildman–Crippen LogP) is 2.77. The maximum absolute atomic E-state index is 8.75. The molecule has 1 N–H and O–H groups in total. The molecule has 0 spiro atoms. The van der Waals surface area contributed by atoms with E-state index >= 15 is 0 Å². The second-order valence-corrected chi connectivity index (χ2v) is 4.77. The summed E-state index contributed by atoms with van der Waals surface area (Å²) in [5.41, 5.74) is 1.70. The number of hydrogen-bond donors (Lipinski definition) is 1. The number of ether oxygens (including phenoxy) is 1. The maximum Gasteiger partial charge on any atom is 0.0992 e. The van der Waals surface area contributed by atoms with Crippen LogP contribution in [-0.4, -0.2) is 19.8 Å². The number of nitrogens with one attached hydrogen (secondary N) is 1. The van der Waals surface area contributed by atoms with Gasteiger partial charge in [-0.25, -0.2) is 0 Å². The van der Waals surface area contributed by atoms with Gasteiger partial charge in [-0.3, -0.25) is 0 Å². The first kappa shape index (κ1) is 11.4. The Kier molecular flexibility index (Phi) is 3.81. The molecule has 84 valence electrons. The molecule has 1 saturated heterocycles. The van der Waals surface area contributed by atoms with Crippen LogP contribution in [0.4, 0.5) is 5.69 Å². The van der Waals surface area contributed by atoms with Gasteiger partial charge in [0.1, 0.15) is 0 Å². The Morgan fingerprint density at radius 1 is 1.56 bits per heavy atom. The minimum Gasteiger partial charge on any atom is -0.384 e. The van der Waals surface area contributed by atoms with Crippen LogP contribution in [0.5, 0.6) is 0 Å². The molecule has 1 heterocycles. The fourth-order valence-corrected chi connectivity index (χ4v) is 2.25. The average Bonchev–Trinajstić information content (AvgIpc) is 2.80. The van der Waals surface area contributed by atoms with Gasteiger partial charge < -0.3 is 10.1 Å². The predicted molar refractivity (Wildman–Crippen MR) is 66.3 cm³/mol. The zero-order valence-electron chi connectivity index (χ0n) is 8.87. The van der Waals surface area contributed by atoms with Crippen molar-refractivity contribution in [2.75, 3.05) is 25.1 Å². The van der Waals surface area contributed by atoms with Crippen molar-refractivity contribution < 1.29 is 4.74 Å². The second-order valence-electron chi connectivity index (χ2n) is 3.92. The summed E-state index contributed by atoms with van der Waals surface area (Å²) in [4.78, 5) is 0. The van der Waals surface area contributed by atoms with Crippen LogP contribution in [0.1, 0.15) is 12.0 Å². The molecular weight excluding hydrogens is 268 g/mol. The van der Waals surface area contributed by atoms with E-state index in [1.165, 1.54) is 0 Å². The third kappa shape index (κ3) is 2.75. The molecule has 3 nitrogen and oxygen atoms in total. The Balaban J connectivity index is 1.96. The fraction of sp³-hybridized carbons (Fsp3) is 0.417. The van der Waals surface area contributed by atoms with Crippen molar-refractivity contribution in [1.82, 2.24) is 0 Å². The Hall–Kier alpha value is -1.05. The molecule has 1 aliphatic rings. The van der Waals surface area contributed by atoms with Crippen LogP contribution in [0.2, 0.25) is 0 Å². The molecule has 0 saturated carbocycles. The highest BCUT2D eigenvalue weighted by Crippen LogP contribution is 2.24. The lowest BCUT2D eigenvalue weighted by Crippen LogP contribution is -2.14. The number of nitriles is 1. The Labute approximate surface area is 104 Å². The molecule has 1 atom stereocenters. The Bertz CT molecular complexity index is 408. The molecule has 4 heteroatoms. The highest BCUT2D eigenvalue weighted by Gasteiger charge is 2.15. The molecule has 0 aliphatic carbocycles. The van der Waals surface area contributed by atoms with Gasteiger partial charge in [-0.2, -0.15) is 5.26 Å². The van der Waals surface area contributed by atoms with E-state index in [1.807, 2.05) is 18.2 Å². The van der Waals surface area contributed by atoms with Crippen molar-refractivity contribution in [3.05, 3.63) is 28.2 Å². The molecular formula is C12H13BrN2O. The molecule has 1 fully saturated rings. The lowest BCUT2D eigenvalue weighted by molar-refractivity contribution is 0.187. The van der Waals surface area contributed by atoms with Gasteiger partial charge >= 0.3 is 0 Å². The molecule has 0 radical (unpaired) electrons. The monoisotopic (exact) mass is 280 g/mol. The summed E-state index contributed by atoms with van der Waals surface area (Å²) < 4.78 is 6.25. The topological polar surface area (TPSA) is 45.0 Å². The van der Waals surface area contributed by atoms with Crippen LogP contribution in [0.25, 0.3) is 0 Å². The van der Waals surface area contributed by atoms with Gasteiger partial charge in [-0.05, 0) is 40.5 Å². The fourth-order valence-electron chi connectivity index (χ4n) is 1.73. The van der Waals surface area contributed by atoms with Crippen LogP contribution in [0.15, 0.2) is 22.7 Å². The van der Waals surface area contributed by atoms with E-state index in [1.54, 1.807) is 0 Å². The van der Waals surface area contributed by atoms with Gasteiger partial charge in [0.25, 0.3) is 0 Å². The van der Waals surface area contributed by atoms with Gasteiger partial charge in [-0.1, -0.05) is 0 Å². The highest BCUT2D eigenvalue weighted by molar-refractivity contribution is 9.10. The first-order chi connectivity index (χ1) is 7.79. The molecule has 0 aromatic heterocycles. The first-order valence-corrected chi connectivity index (χ1v) is 6.10. The number of rotatable bonds is 3. The zero-order chi connectivity index (χ0) is 11.4. The number of nitrogens with zero attached hydrogens (tertiary/aromatic N) is 1. The van der Waals surface area contributed by atoms with E-state index in [2.05, 4.69) is 27.3 Å². The summed E-state index contributed by atoms with van der Waals surface area (Å²) in [5.74, 6) is 0.600. The second kappa shape index (κ2) is 5.33. The van der Waals surface area contributed by atoms with Crippen LogP contribution < -0.4 is 5.32 Å². The standard InChI is InChI=1S/C12H13BrN2O/c13-11-5-9(6-14)1-2-12(11)15-7-10-3-4-16-8-10/h1-2,5,10,15H,3-4,7-8H2. The summed E-state index contributed by atoms with van der Waals surface area (Å²) >= 11 is 3.45. The van der Waals surface area contributed by atoms with Gasteiger partial charge in [0, 0.05) is 29.2 Å². The van der Waals surface area contributed by atoms with E-state index in [0.717, 1.165) is 36.3 Å². The van der Waals surface area contributed by atoms with E-state index in [0.29, 0.717) is 11.5 Å². The smallest absolute Gasteiger partial charge is 0.0992 e. The third-order valence-electron chi connectivity index (χ3n) is 2.70. The maximum atomic E-state index is 8.75. The van der Waals surface area contributed by atoms with Gasteiger partial charge in [0.2, 0.25) is 0 Å². The summed E-state index contributed by atoms with van der Waals surface area (Å²) in [7, 11) is 0. The van der Waals surface area contributed by atoms with E-state index in [9.17, 15) is 0 Å². The van der Waals surface area contributed by atoms with Gasteiger partial charge in [0.05, 0.1) is 18.2 Å². The van der Waals surface area contributed by atoms with Crippen LogP contribution in [-0.2, 0) is 4.74 Å². The summed E-state index contributed by atoms with van der Waals surface area (Å²) in [6.07, 6.45) is 1.13. The lowest BCUT2D eigenvalue weighted by Gasteiger charge is -2.12. The van der Waals surface area contributed by atoms with E-state index < -0.39 is 0 Å². The summed E-state index contributed by atoms with van der Waals surface area (Å²) in [5, 5.41) is 12.1. The minimum atomic E-state index is 0.600. The summed E-state index contributed by atoms with van der Waals surface area (Å²) in [6.45, 7) is 2.65. The number of halogens is 1. The van der Waals surface area contributed by atoms with Crippen molar-refractivity contribution >= 4 is 21.6 Å². The molecule has 1 unspecified atom stereocenters. The van der Waals surface area contributed by atoms with Gasteiger partial charge in [-0.15, -0.1) is 0 Å². The first-order valence-electron chi connectivity index (χ1n) is 5.31. The molecule has 0 amide bonds. The van der Waals surface area contributed by atoms with Gasteiger partial charge in [0.15, 0.2) is 0 Å². The van der Waals surface area contributed by atoms with Crippen molar-refractivity contribution in [2.24, 2.45) is 5.92 Å². The third-order valence-corrected chi connectivity index (χ3v) is 3.36. The molecule has 1 aromatic rings. The van der Waals surface area contributed by atoms with Crippen molar-refractivity contribution in [3.8, 4) is 6.07 Å². The van der Waals surface area contributed by atoms with Crippen LogP contribution >= 0.6 is 15.9 Å². The molecule has 0 bridgehead atoms. The van der Waals surface area contributed by atoms with E-state index in [4.69, 9.17) is 10.00 Å². The molecule has 2 rings (SSSR count). The minimum absolute atomic E-state index is 0.600. The SMILES string of the molecule is N#Cc1ccc(NCC2CCOC2)c(Br)c1. The van der Waals surface area contributed by atoms with Crippen molar-refractivity contribution in [3.63, 3.8) is 0 Å². The molecule has 1 aromatic carbocycles. The number of hydrogen-bond acceptors (Lipinski definition) is 3. The Morgan fingerprint density at radius 3 is 3.06 bits per heavy atom. The largest absolute Gasteiger partial charge is 0.384 e. The number of benzene rings is 1. The van der Waals surface area contributed by atoms with Crippen LogP contribution in [0.3, 0.4) is 0 Å². The average molecular weight is 281 g/mol. The highest BCUT2D eigenvalue weighted by atomic mass is 79.9. The van der Waals surface area contributed by atoms with Crippen molar-refractivity contribution in [2.45, 2.75) is 6.42 Å². The zero-order valence-corrected chi connectivity index (χ0v) is 10.5. The summed E-state index contributed by atoms with van der Waals surface area (Å²) in [6, 6.07) is 7.69. The van der Waals surface area contributed by atoms with Crippen LogP contribution in [0, 0.1) is 17.2 Å². The Morgan fingerprint density at radius 2 is 2.44 bits per heavy atom. The normalized spacial score (nSPS) is 19.4.